The molecule has 7 nitrogen and oxygen atoms in total. The highest BCUT2D eigenvalue weighted by atomic mass is 16.6. The van der Waals surface area contributed by atoms with E-state index in [4.69, 9.17) is 5.11 Å². The monoisotopic (exact) mass is 211 g/mol. The molecule has 0 unspecified atom stereocenters. The second kappa shape index (κ2) is 3.04. The number of carboxylic acid groups (broad SMARTS) is 1. The molecule has 1 aromatic heterocycles. The Balaban J connectivity index is 2.21. The quantitative estimate of drug-likeness (QED) is 0.563. The molecule has 0 aromatic carbocycles. The lowest BCUT2D eigenvalue weighted by Gasteiger charge is -2.06. The average Bonchev–Trinajstić information content (AvgIpc) is 2.77. The number of hydrogen-bond donors (Lipinski definition) is 2. The molecule has 0 saturated heterocycles. The van der Waals surface area contributed by atoms with Gasteiger partial charge in [0.1, 0.15) is 0 Å². The molecule has 2 N–H and O–H groups in total. The van der Waals surface area contributed by atoms with Crippen LogP contribution in [0.3, 0.4) is 0 Å². The third-order valence-electron chi connectivity index (χ3n) is 2.71. The standard InChI is InChI=1S/C8H9N3O4/c12-7(13)8(1-2-8)3-5-4-9-10-6(5)11(14)15/h4H,1-3H2,(H,9,10)(H,12,13). The summed E-state index contributed by atoms with van der Waals surface area (Å²) in [6.45, 7) is 0. The minimum absolute atomic E-state index is 0.176. The lowest BCUT2D eigenvalue weighted by molar-refractivity contribution is -0.390. The van der Waals surface area contributed by atoms with Crippen molar-refractivity contribution in [1.82, 2.24) is 10.2 Å². The number of aliphatic carboxylic acids is 1. The van der Waals surface area contributed by atoms with Gasteiger partial charge in [0.05, 0.1) is 17.2 Å². The Morgan fingerprint density at radius 1 is 1.73 bits per heavy atom. The second-order valence-corrected chi connectivity index (χ2v) is 3.76. The van der Waals surface area contributed by atoms with E-state index >= 15 is 0 Å². The number of hydrogen-bond acceptors (Lipinski definition) is 4. The topological polar surface area (TPSA) is 109 Å². The Morgan fingerprint density at radius 2 is 2.40 bits per heavy atom. The molecule has 2 rings (SSSR count). The number of H-pyrrole nitrogens is 1. The van der Waals surface area contributed by atoms with Gasteiger partial charge < -0.3 is 15.2 Å². The normalized spacial score (nSPS) is 17.3. The number of aromatic amines is 1. The number of carboxylic acids is 1. The first kappa shape index (κ1) is 9.63. The molecule has 0 aliphatic heterocycles. The Bertz CT molecular complexity index is 421. The number of rotatable bonds is 4. The molecule has 1 aliphatic carbocycles. The number of aromatic nitrogens is 2. The van der Waals surface area contributed by atoms with Gasteiger partial charge in [0.15, 0.2) is 0 Å². The van der Waals surface area contributed by atoms with Gasteiger partial charge in [-0.25, -0.2) is 0 Å². The lowest BCUT2D eigenvalue weighted by Crippen LogP contribution is -2.17. The van der Waals surface area contributed by atoms with Crippen molar-refractivity contribution in [2.45, 2.75) is 19.3 Å². The van der Waals surface area contributed by atoms with E-state index in [1.165, 1.54) is 6.20 Å². The predicted octanol–water partition coefficient (Wildman–Crippen LogP) is 0.725. The molecule has 0 amide bonds. The van der Waals surface area contributed by atoms with Gasteiger partial charge >= 0.3 is 11.8 Å². The van der Waals surface area contributed by atoms with Crippen LogP contribution >= 0.6 is 0 Å². The SMILES string of the molecule is O=C(O)C1(Cc2cn[nH]c2[N+](=O)[O-])CC1. The zero-order chi connectivity index (χ0) is 11.1. The zero-order valence-corrected chi connectivity index (χ0v) is 7.77. The summed E-state index contributed by atoms with van der Waals surface area (Å²) in [7, 11) is 0. The highest BCUT2D eigenvalue weighted by Gasteiger charge is 2.51. The van der Waals surface area contributed by atoms with Crippen LogP contribution in [0.4, 0.5) is 5.82 Å². The van der Waals surface area contributed by atoms with E-state index in [0.717, 1.165) is 0 Å². The molecule has 15 heavy (non-hydrogen) atoms. The Kier molecular flexibility index (Phi) is 1.95. The fraction of sp³-hybridized carbons (Fsp3) is 0.500. The van der Waals surface area contributed by atoms with Crippen molar-refractivity contribution < 1.29 is 14.8 Å². The summed E-state index contributed by atoms with van der Waals surface area (Å²) < 4.78 is 0. The molecule has 0 spiro atoms. The van der Waals surface area contributed by atoms with Crippen molar-refractivity contribution in [3.05, 3.63) is 21.9 Å². The summed E-state index contributed by atoms with van der Waals surface area (Å²) in [5.74, 6) is -1.10. The van der Waals surface area contributed by atoms with Gasteiger partial charge in [0, 0.05) is 0 Å². The van der Waals surface area contributed by atoms with E-state index < -0.39 is 16.3 Å². The molecule has 80 valence electrons. The van der Waals surface area contributed by atoms with Gasteiger partial charge in [-0.05, 0) is 24.2 Å². The van der Waals surface area contributed by atoms with Crippen molar-refractivity contribution in [3.8, 4) is 0 Å². The van der Waals surface area contributed by atoms with Crippen LogP contribution in [0.1, 0.15) is 18.4 Å². The molecular weight excluding hydrogens is 202 g/mol. The van der Waals surface area contributed by atoms with Gasteiger partial charge in [0.25, 0.3) is 0 Å². The summed E-state index contributed by atoms with van der Waals surface area (Å²) in [4.78, 5) is 20.9. The third kappa shape index (κ3) is 1.56. The summed E-state index contributed by atoms with van der Waals surface area (Å²) in [5, 5.41) is 25.3. The maximum atomic E-state index is 10.9. The summed E-state index contributed by atoms with van der Waals surface area (Å²) in [5.41, 5.74) is -0.436. The van der Waals surface area contributed by atoms with Crippen molar-refractivity contribution in [2.24, 2.45) is 5.41 Å². The van der Waals surface area contributed by atoms with E-state index in [1.807, 2.05) is 0 Å². The van der Waals surface area contributed by atoms with E-state index in [-0.39, 0.29) is 12.2 Å². The molecule has 0 bridgehead atoms. The van der Waals surface area contributed by atoms with Crippen LogP contribution in [0.25, 0.3) is 0 Å². The Hall–Kier alpha value is -1.92. The van der Waals surface area contributed by atoms with E-state index in [2.05, 4.69) is 10.2 Å². The first-order chi connectivity index (χ1) is 7.05. The Labute approximate surface area is 84.3 Å². The lowest BCUT2D eigenvalue weighted by atomic mass is 9.98. The first-order valence-electron chi connectivity index (χ1n) is 4.45. The summed E-state index contributed by atoms with van der Waals surface area (Å²) in [6, 6.07) is 0. The molecule has 1 fully saturated rings. The minimum atomic E-state index is -0.891. The Morgan fingerprint density at radius 3 is 2.87 bits per heavy atom. The van der Waals surface area contributed by atoms with Crippen molar-refractivity contribution in [3.63, 3.8) is 0 Å². The molecule has 1 aliphatic rings. The highest BCUT2D eigenvalue weighted by molar-refractivity contribution is 5.78. The zero-order valence-electron chi connectivity index (χ0n) is 7.77. The molecule has 1 saturated carbocycles. The van der Waals surface area contributed by atoms with E-state index in [1.54, 1.807) is 0 Å². The smallest absolute Gasteiger partial charge is 0.345 e. The molecule has 7 heteroatoms. The second-order valence-electron chi connectivity index (χ2n) is 3.76. The van der Waals surface area contributed by atoms with Gasteiger partial charge in [-0.15, -0.1) is 5.10 Å². The maximum absolute atomic E-state index is 10.9. The fourth-order valence-electron chi connectivity index (χ4n) is 1.57. The number of nitro groups is 1. The third-order valence-corrected chi connectivity index (χ3v) is 2.71. The van der Waals surface area contributed by atoms with Gasteiger partial charge in [-0.3, -0.25) is 4.79 Å². The van der Waals surface area contributed by atoms with Crippen LogP contribution in [0.2, 0.25) is 0 Å². The van der Waals surface area contributed by atoms with Gasteiger partial charge in [-0.1, -0.05) is 5.10 Å². The largest absolute Gasteiger partial charge is 0.481 e. The average molecular weight is 211 g/mol. The van der Waals surface area contributed by atoms with E-state index in [0.29, 0.717) is 18.4 Å². The molecule has 0 atom stereocenters. The van der Waals surface area contributed by atoms with Crippen LogP contribution in [0.15, 0.2) is 6.20 Å². The van der Waals surface area contributed by atoms with Crippen LogP contribution in [0, 0.1) is 15.5 Å². The number of carbonyl (C=O) groups is 1. The molecule has 1 heterocycles. The fourth-order valence-corrected chi connectivity index (χ4v) is 1.57. The summed E-state index contributed by atoms with van der Waals surface area (Å²) >= 11 is 0. The van der Waals surface area contributed by atoms with Crippen molar-refractivity contribution in [1.29, 1.82) is 0 Å². The first-order valence-corrected chi connectivity index (χ1v) is 4.45. The van der Waals surface area contributed by atoms with Crippen LogP contribution in [0.5, 0.6) is 0 Å². The predicted molar refractivity (Wildman–Crippen MR) is 48.2 cm³/mol. The molecule has 1 aromatic rings. The van der Waals surface area contributed by atoms with Crippen molar-refractivity contribution in [2.75, 3.05) is 0 Å². The summed E-state index contributed by atoms with van der Waals surface area (Å²) in [6.07, 6.45) is 2.64. The van der Waals surface area contributed by atoms with E-state index in [9.17, 15) is 14.9 Å². The van der Waals surface area contributed by atoms with Crippen LogP contribution < -0.4 is 0 Å². The molecule has 0 radical (unpaired) electrons. The van der Waals surface area contributed by atoms with Crippen LogP contribution in [-0.2, 0) is 11.2 Å². The van der Waals surface area contributed by atoms with Crippen LogP contribution in [-0.4, -0.2) is 26.2 Å². The maximum Gasteiger partial charge on any atom is 0.345 e. The van der Waals surface area contributed by atoms with Gasteiger partial charge in [-0.2, -0.15) is 0 Å². The number of nitrogens with zero attached hydrogens (tertiary/aromatic N) is 2. The highest BCUT2D eigenvalue weighted by Crippen LogP contribution is 2.49. The molecular formula is C8H9N3O4. The van der Waals surface area contributed by atoms with Gasteiger partial charge in [0.2, 0.25) is 0 Å². The minimum Gasteiger partial charge on any atom is -0.481 e. The van der Waals surface area contributed by atoms with Crippen molar-refractivity contribution >= 4 is 11.8 Å². The number of nitrogens with one attached hydrogen (secondary N) is 1.